The lowest BCUT2D eigenvalue weighted by Crippen LogP contribution is -2.36. The molecule has 0 radical (unpaired) electrons. The lowest BCUT2D eigenvalue weighted by molar-refractivity contribution is -0.121. The summed E-state index contributed by atoms with van der Waals surface area (Å²) in [6.07, 6.45) is 0.768. The summed E-state index contributed by atoms with van der Waals surface area (Å²) in [5.74, 6) is -0.298. The third-order valence-electron chi connectivity index (χ3n) is 4.46. The Morgan fingerprint density at radius 3 is 2.36 bits per heavy atom. The minimum absolute atomic E-state index is 0.0337. The predicted octanol–water partition coefficient (Wildman–Crippen LogP) is 3.02. The number of nitrogens with one attached hydrogen (secondary N) is 2. The van der Waals surface area contributed by atoms with Gasteiger partial charge in [0.1, 0.15) is 5.71 Å². The number of carbonyl (C=O) groups excluding carboxylic acids is 2. The Morgan fingerprint density at radius 2 is 1.71 bits per heavy atom. The molecule has 1 aliphatic heterocycles. The summed E-state index contributed by atoms with van der Waals surface area (Å²) in [6.45, 7) is 4.11. The maximum absolute atomic E-state index is 12.6. The van der Waals surface area contributed by atoms with E-state index in [1.54, 1.807) is 0 Å². The van der Waals surface area contributed by atoms with Crippen LogP contribution in [-0.4, -0.2) is 30.1 Å². The summed E-state index contributed by atoms with van der Waals surface area (Å²) in [5, 5.41) is 12.1. The number of hydrogen-bond donors (Lipinski definition) is 2. The second-order valence-corrected chi connectivity index (χ2v) is 7.09. The molecule has 2 N–H and O–H groups in total. The molecule has 3 rings (SSSR count). The zero-order chi connectivity index (χ0) is 19.9. The number of nitrogens with zero attached hydrogens (tertiary/aromatic N) is 2. The number of para-hydroxylation sites is 1. The Labute approximate surface area is 165 Å². The van der Waals surface area contributed by atoms with Crippen molar-refractivity contribution < 1.29 is 9.59 Å². The zero-order valence-electron chi connectivity index (χ0n) is 16.3. The van der Waals surface area contributed by atoms with Crippen molar-refractivity contribution in [2.75, 3.05) is 11.6 Å². The van der Waals surface area contributed by atoms with E-state index < -0.39 is 0 Å². The molecule has 0 saturated heterocycles. The first-order valence-corrected chi connectivity index (χ1v) is 9.59. The Kier molecular flexibility index (Phi) is 6.42. The van der Waals surface area contributed by atoms with Crippen LogP contribution in [-0.2, 0) is 9.59 Å². The topological polar surface area (TPSA) is 73.8 Å². The van der Waals surface area contributed by atoms with E-state index in [1.807, 2.05) is 79.5 Å². The number of carbonyl (C=O) groups is 2. The monoisotopic (exact) mass is 378 g/mol. The third-order valence-corrected chi connectivity index (χ3v) is 4.46. The quantitative estimate of drug-likeness (QED) is 0.778. The molecule has 2 aromatic carbocycles. The highest BCUT2D eigenvalue weighted by Gasteiger charge is 2.32. The summed E-state index contributed by atoms with van der Waals surface area (Å²) in [5.41, 5.74) is 2.52. The number of rotatable bonds is 7. The number of benzene rings is 2. The molecule has 1 aliphatic rings. The first-order valence-electron chi connectivity index (χ1n) is 9.59. The van der Waals surface area contributed by atoms with Crippen LogP contribution in [0.1, 0.15) is 38.3 Å². The van der Waals surface area contributed by atoms with E-state index in [1.165, 1.54) is 0 Å². The van der Waals surface area contributed by atoms with Crippen LogP contribution in [0, 0.1) is 0 Å². The van der Waals surface area contributed by atoms with Crippen molar-refractivity contribution in [3.63, 3.8) is 0 Å². The first-order chi connectivity index (χ1) is 13.5. The summed E-state index contributed by atoms with van der Waals surface area (Å²) >= 11 is 0. The normalized spacial score (nSPS) is 16.0. The number of hydrogen-bond acceptors (Lipinski definition) is 4. The molecule has 0 fully saturated rings. The maximum atomic E-state index is 12.6. The van der Waals surface area contributed by atoms with E-state index >= 15 is 0 Å². The van der Waals surface area contributed by atoms with Gasteiger partial charge >= 0.3 is 0 Å². The van der Waals surface area contributed by atoms with Crippen molar-refractivity contribution in [2.45, 2.75) is 38.8 Å². The summed E-state index contributed by atoms with van der Waals surface area (Å²) < 4.78 is 0. The standard InChI is InChI=1S/C22H26N4O2/c1-16(2)24-21(27)13-14-23-22(28)19-15-20(17-9-5-3-6-10-17)26(25-19)18-11-7-4-8-12-18/h3-12,16,20H,13-15H2,1-2H3,(H,23,28)(H,24,27). The molecule has 0 aromatic heterocycles. The highest BCUT2D eigenvalue weighted by atomic mass is 16.2. The highest BCUT2D eigenvalue weighted by Crippen LogP contribution is 2.34. The zero-order valence-corrected chi connectivity index (χ0v) is 16.3. The van der Waals surface area contributed by atoms with Gasteiger partial charge in [0.2, 0.25) is 5.91 Å². The van der Waals surface area contributed by atoms with Gasteiger partial charge in [0.05, 0.1) is 11.7 Å². The van der Waals surface area contributed by atoms with Crippen LogP contribution >= 0.6 is 0 Å². The predicted molar refractivity (Wildman–Crippen MR) is 111 cm³/mol. The third kappa shape index (κ3) is 4.97. The SMILES string of the molecule is CC(C)NC(=O)CCNC(=O)C1=NN(c2ccccc2)C(c2ccccc2)C1. The molecule has 2 amide bonds. The first kappa shape index (κ1) is 19.6. The van der Waals surface area contributed by atoms with Gasteiger partial charge in [-0.1, -0.05) is 48.5 Å². The molecule has 2 aromatic rings. The second kappa shape index (κ2) is 9.17. The molecule has 6 heteroatoms. The van der Waals surface area contributed by atoms with Gasteiger partial charge in [-0.3, -0.25) is 14.6 Å². The van der Waals surface area contributed by atoms with Crippen LogP contribution in [0.25, 0.3) is 0 Å². The molecule has 1 heterocycles. The maximum Gasteiger partial charge on any atom is 0.267 e. The van der Waals surface area contributed by atoms with Gasteiger partial charge in [0.15, 0.2) is 0 Å². The van der Waals surface area contributed by atoms with Crippen molar-refractivity contribution in [1.29, 1.82) is 0 Å². The average molecular weight is 378 g/mol. The van der Waals surface area contributed by atoms with Gasteiger partial charge in [-0.15, -0.1) is 0 Å². The fourth-order valence-corrected chi connectivity index (χ4v) is 3.19. The van der Waals surface area contributed by atoms with E-state index in [9.17, 15) is 9.59 Å². The van der Waals surface area contributed by atoms with Crippen LogP contribution in [0.3, 0.4) is 0 Å². The summed E-state index contributed by atoms with van der Waals surface area (Å²) in [4.78, 5) is 24.3. The second-order valence-electron chi connectivity index (χ2n) is 7.09. The number of anilines is 1. The Morgan fingerprint density at radius 1 is 1.07 bits per heavy atom. The molecule has 28 heavy (non-hydrogen) atoms. The molecule has 0 aliphatic carbocycles. The molecule has 0 spiro atoms. The average Bonchev–Trinajstić information content (AvgIpc) is 3.14. The van der Waals surface area contributed by atoms with E-state index in [4.69, 9.17) is 0 Å². The van der Waals surface area contributed by atoms with Crippen molar-refractivity contribution in [1.82, 2.24) is 10.6 Å². The molecular formula is C22H26N4O2. The van der Waals surface area contributed by atoms with Gasteiger partial charge in [0.25, 0.3) is 5.91 Å². The molecule has 146 valence electrons. The van der Waals surface area contributed by atoms with Gasteiger partial charge in [-0.05, 0) is 31.5 Å². The van der Waals surface area contributed by atoms with Gasteiger partial charge in [-0.25, -0.2) is 0 Å². The smallest absolute Gasteiger partial charge is 0.267 e. The fraction of sp³-hybridized carbons (Fsp3) is 0.318. The molecular weight excluding hydrogens is 352 g/mol. The van der Waals surface area contributed by atoms with Crippen molar-refractivity contribution in [3.8, 4) is 0 Å². The van der Waals surface area contributed by atoms with E-state index in [2.05, 4.69) is 15.7 Å². The number of hydrazone groups is 1. The van der Waals surface area contributed by atoms with Crippen molar-refractivity contribution >= 4 is 23.2 Å². The summed E-state index contributed by atoms with van der Waals surface area (Å²) in [6, 6.07) is 19.9. The van der Waals surface area contributed by atoms with Gasteiger partial charge in [0, 0.05) is 25.4 Å². The molecule has 0 saturated carbocycles. The minimum Gasteiger partial charge on any atom is -0.354 e. The fourth-order valence-electron chi connectivity index (χ4n) is 3.19. The molecule has 1 atom stereocenters. The Hall–Kier alpha value is -3.15. The molecule has 1 unspecified atom stereocenters. The van der Waals surface area contributed by atoms with Gasteiger partial charge < -0.3 is 10.6 Å². The Bertz CT molecular complexity index is 834. The van der Waals surface area contributed by atoms with E-state index in [-0.39, 0.29) is 36.9 Å². The van der Waals surface area contributed by atoms with Crippen LogP contribution in [0.4, 0.5) is 5.69 Å². The molecule has 0 bridgehead atoms. The lowest BCUT2D eigenvalue weighted by atomic mass is 10.0. The van der Waals surface area contributed by atoms with Crippen molar-refractivity contribution in [3.05, 3.63) is 66.2 Å². The lowest BCUT2D eigenvalue weighted by Gasteiger charge is -2.23. The minimum atomic E-state index is -0.225. The van der Waals surface area contributed by atoms with Crippen LogP contribution in [0.5, 0.6) is 0 Å². The van der Waals surface area contributed by atoms with E-state index in [0.29, 0.717) is 12.1 Å². The van der Waals surface area contributed by atoms with E-state index in [0.717, 1.165) is 11.3 Å². The largest absolute Gasteiger partial charge is 0.354 e. The van der Waals surface area contributed by atoms with Crippen LogP contribution in [0.2, 0.25) is 0 Å². The van der Waals surface area contributed by atoms with Crippen LogP contribution < -0.4 is 15.6 Å². The Balaban J connectivity index is 1.69. The molecule has 6 nitrogen and oxygen atoms in total. The van der Waals surface area contributed by atoms with Crippen LogP contribution in [0.15, 0.2) is 65.8 Å². The van der Waals surface area contributed by atoms with Crippen molar-refractivity contribution in [2.24, 2.45) is 5.10 Å². The van der Waals surface area contributed by atoms with Gasteiger partial charge in [-0.2, -0.15) is 5.10 Å². The highest BCUT2D eigenvalue weighted by molar-refractivity contribution is 6.39. The summed E-state index contributed by atoms with van der Waals surface area (Å²) in [7, 11) is 0. The number of amides is 2.